The Morgan fingerprint density at radius 1 is 1.36 bits per heavy atom. The molecular weight excluding hydrogens is 140 g/mol. The van der Waals surface area contributed by atoms with Gasteiger partial charge in [-0.1, -0.05) is 17.3 Å². The van der Waals surface area contributed by atoms with Gasteiger partial charge in [-0.2, -0.15) is 0 Å². The fourth-order valence-corrected chi connectivity index (χ4v) is 0.982. The molecule has 1 aromatic carbocycles. The largest absolute Gasteiger partial charge is 0.289 e. The predicted molar refractivity (Wildman–Crippen MR) is 41.7 cm³/mol. The van der Waals surface area contributed by atoms with Gasteiger partial charge in [0, 0.05) is 0 Å². The first-order chi connectivity index (χ1) is 5.42. The molecule has 4 nitrogen and oxygen atoms in total. The quantitative estimate of drug-likeness (QED) is 0.479. The lowest BCUT2D eigenvalue weighted by atomic mass is 10.3. The zero-order chi connectivity index (χ0) is 7.68. The Morgan fingerprint density at radius 2 is 2.18 bits per heavy atom. The van der Waals surface area contributed by atoms with Crippen LogP contribution in [0.25, 0.3) is 11.0 Å². The second-order valence-corrected chi connectivity index (χ2v) is 2.15. The van der Waals surface area contributed by atoms with E-state index in [0.717, 1.165) is 17.4 Å². The Hall–Kier alpha value is -1.71. The normalized spacial score (nSPS) is 10.2. The van der Waals surface area contributed by atoms with E-state index < -0.39 is 0 Å². The molecule has 1 heterocycles. The number of rotatable bonds is 1. The van der Waals surface area contributed by atoms with Crippen molar-refractivity contribution in [3.63, 3.8) is 0 Å². The fourth-order valence-electron chi connectivity index (χ4n) is 0.982. The van der Waals surface area contributed by atoms with Crippen LogP contribution in [-0.2, 0) is 0 Å². The molecule has 0 aliphatic rings. The van der Waals surface area contributed by atoms with E-state index >= 15 is 0 Å². The molecule has 0 bridgehead atoms. The Morgan fingerprint density at radius 3 is 3.00 bits per heavy atom. The number of nitrogens with zero attached hydrogens (tertiary/aromatic N) is 3. The number of benzene rings is 1. The first kappa shape index (κ1) is 6.03. The predicted octanol–water partition coefficient (Wildman–Crippen LogP) is 0.886. The lowest BCUT2D eigenvalue weighted by molar-refractivity contribution is 0.872. The molecule has 0 amide bonds. The van der Waals surface area contributed by atoms with Gasteiger partial charge in [-0.25, -0.2) is 4.68 Å². The third-order valence-corrected chi connectivity index (χ3v) is 1.50. The average Bonchev–Trinajstić information content (AvgIpc) is 2.47. The summed E-state index contributed by atoms with van der Waals surface area (Å²) in [4.78, 5) is 0. The third-order valence-electron chi connectivity index (χ3n) is 1.50. The van der Waals surface area contributed by atoms with Crippen molar-refractivity contribution in [1.29, 1.82) is 5.41 Å². The lowest BCUT2D eigenvalue weighted by Crippen LogP contribution is -1.95. The van der Waals surface area contributed by atoms with Crippen LogP contribution in [0.4, 0.5) is 0 Å². The van der Waals surface area contributed by atoms with Crippen molar-refractivity contribution in [2.45, 2.75) is 0 Å². The first-order valence-corrected chi connectivity index (χ1v) is 3.22. The van der Waals surface area contributed by atoms with Gasteiger partial charge in [0.2, 0.25) is 0 Å². The van der Waals surface area contributed by atoms with Crippen molar-refractivity contribution < 1.29 is 0 Å². The van der Waals surface area contributed by atoms with Gasteiger partial charge in [0.05, 0.1) is 5.52 Å². The fraction of sp³-hybridized carbons (Fsp3) is 0. The van der Waals surface area contributed by atoms with Gasteiger partial charge >= 0.3 is 0 Å². The van der Waals surface area contributed by atoms with Crippen molar-refractivity contribution in [3.8, 4) is 0 Å². The lowest BCUT2D eigenvalue weighted by Gasteiger charge is -1.87. The minimum atomic E-state index is 0.816. The van der Waals surface area contributed by atoms with Crippen LogP contribution in [-0.4, -0.2) is 21.3 Å². The van der Waals surface area contributed by atoms with E-state index in [4.69, 9.17) is 5.41 Å². The second kappa shape index (κ2) is 2.16. The van der Waals surface area contributed by atoms with E-state index in [0.29, 0.717) is 0 Å². The first-order valence-electron chi connectivity index (χ1n) is 3.22. The molecule has 0 fully saturated rings. The smallest absolute Gasteiger partial charge is 0.113 e. The maximum atomic E-state index is 6.98. The van der Waals surface area contributed by atoms with E-state index in [-0.39, 0.29) is 0 Å². The second-order valence-electron chi connectivity index (χ2n) is 2.15. The summed E-state index contributed by atoms with van der Waals surface area (Å²) in [5.74, 6) is 0. The van der Waals surface area contributed by atoms with E-state index in [1.165, 1.54) is 4.68 Å². The number of aromatic nitrogens is 3. The highest BCUT2D eigenvalue weighted by Crippen LogP contribution is 2.07. The van der Waals surface area contributed by atoms with Gasteiger partial charge in [0.25, 0.3) is 0 Å². The van der Waals surface area contributed by atoms with Crippen LogP contribution in [0, 0.1) is 5.41 Å². The molecule has 1 aromatic heterocycles. The molecule has 0 saturated carbocycles. The molecule has 0 radical (unpaired) electrons. The summed E-state index contributed by atoms with van der Waals surface area (Å²) in [6.07, 6.45) is 1.13. The standard InChI is InChI=1S/C7H6N4/c8-5-11-7-4-2-1-3-6(7)9-10-11/h1-5,8H. The zero-order valence-electron chi connectivity index (χ0n) is 5.73. The average molecular weight is 146 g/mol. The Labute approximate surface area is 63.0 Å². The highest BCUT2D eigenvalue weighted by Gasteiger charge is 1.98. The minimum Gasteiger partial charge on any atom is -0.289 e. The van der Waals surface area contributed by atoms with Gasteiger partial charge in [-0.05, 0) is 12.1 Å². The van der Waals surface area contributed by atoms with Gasteiger partial charge in [-0.15, -0.1) is 5.10 Å². The molecule has 0 unspecified atom stereocenters. The molecule has 0 atom stereocenters. The molecule has 1 N–H and O–H groups in total. The molecule has 54 valence electrons. The summed E-state index contributed by atoms with van der Waals surface area (Å²) in [6, 6.07) is 7.53. The molecule has 0 spiro atoms. The summed E-state index contributed by atoms with van der Waals surface area (Å²) < 4.78 is 1.43. The van der Waals surface area contributed by atoms with Crippen molar-refractivity contribution in [3.05, 3.63) is 24.3 Å². The summed E-state index contributed by atoms with van der Waals surface area (Å²) in [7, 11) is 0. The summed E-state index contributed by atoms with van der Waals surface area (Å²) in [6.45, 7) is 0. The van der Waals surface area contributed by atoms with E-state index in [2.05, 4.69) is 10.3 Å². The summed E-state index contributed by atoms with van der Waals surface area (Å²) in [5, 5.41) is 14.6. The van der Waals surface area contributed by atoms with Crippen LogP contribution in [0.15, 0.2) is 24.3 Å². The number of para-hydroxylation sites is 1. The molecule has 2 rings (SSSR count). The molecule has 0 aliphatic heterocycles. The number of hydrogen-bond donors (Lipinski definition) is 1. The van der Waals surface area contributed by atoms with Crippen molar-refractivity contribution >= 4 is 17.4 Å². The van der Waals surface area contributed by atoms with Crippen molar-refractivity contribution in [2.24, 2.45) is 0 Å². The van der Waals surface area contributed by atoms with Crippen LogP contribution in [0.2, 0.25) is 0 Å². The monoisotopic (exact) mass is 146 g/mol. The number of nitrogens with one attached hydrogen (secondary N) is 1. The van der Waals surface area contributed by atoms with Crippen molar-refractivity contribution in [1.82, 2.24) is 15.0 Å². The van der Waals surface area contributed by atoms with Crippen LogP contribution in [0.5, 0.6) is 0 Å². The summed E-state index contributed by atoms with van der Waals surface area (Å²) >= 11 is 0. The molecule has 0 aliphatic carbocycles. The van der Waals surface area contributed by atoms with Gasteiger partial charge in [0.1, 0.15) is 11.9 Å². The highest BCUT2D eigenvalue weighted by molar-refractivity contribution is 5.79. The highest BCUT2D eigenvalue weighted by atomic mass is 15.4. The van der Waals surface area contributed by atoms with Crippen LogP contribution in [0.3, 0.4) is 0 Å². The maximum absolute atomic E-state index is 6.98. The van der Waals surface area contributed by atoms with Crippen LogP contribution < -0.4 is 0 Å². The molecule has 0 saturated heterocycles. The van der Waals surface area contributed by atoms with Crippen LogP contribution in [0.1, 0.15) is 0 Å². The van der Waals surface area contributed by atoms with Gasteiger partial charge in [-0.3, -0.25) is 5.41 Å². The summed E-state index contributed by atoms with van der Waals surface area (Å²) in [5.41, 5.74) is 1.68. The Balaban J connectivity index is 2.86. The Bertz CT molecular complexity index is 390. The molecule has 4 heteroatoms. The minimum absolute atomic E-state index is 0.816. The van der Waals surface area contributed by atoms with Crippen LogP contribution >= 0.6 is 0 Å². The zero-order valence-corrected chi connectivity index (χ0v) is 5.73. The van der Waals surface area contributed by atoms with Gasteiger partial charge in [0.15, 0.2) is 0 Å². The van der Waals surface area contributed by atoms with Gasteiger partial charge < -0.3 is 0 Å². The number of hydrogen-bond acceptors (Lipinski definition) is 3. The topological polar surface area (TPSA) is 54.6 Å². The SMILES string of the molecule is N=Cn1nnc2ccccc21. The maximum Gasteiger partial charge on any atom is 0.113 e. The number of fused-ring (bicyclic) bond motifs is 1. The van der Waals surface area contributed by atoms with E-state index in [1.807, 2.05) is 24.3 Å². The van der Waals surface area contributed by atoms with E-state index in [1.54, 1.807) is 0 Å². The molecular formula is C7H6N4. The Kier molecular flexibility index (Phi) is 1.18. The van der Waals surface area contributed by atoms with E-state index in [9.17, 15) is 0 Å². The van der Waals surface area contributed by atoms with Crippen molar-refractivity contribution in [2.75, 3.05) is 0 Å². The molecule has 11 heavy (non-hydrogen) atoms. The third kappa shape index (κ3) is 0.797. The molecule has 2 aromatic rings.